The fourth-order valence-electron chi connectivity index (χ4n) is 4.28. The minimum Gasteiger partial charge on any atom is -0.370 e. The summed E-state index contributed by atoms with van der Waals surface area (Å²) in [5, 5.41) is 0.784. The third kappa shape index (κ3) is 4.97. The SMILES string of the molecule is Cc1cc(C(=O)N2CC(OCc3ccccc3)C2)ccc1CS(=O)(=O)c1cccc2cccnc12. The lowest BCUT2D eigenvalue weighted by molar-refractivity contribution is -0.0503. The molecule has 7 heteroatoms. The smallest absolute Gasteiger partial charge is 0.254 e. The quantitative estimate of drug-likeness (QED) is 0.383. The molecule has 0 unspecified atom stereocenters. The van der Waals surface area contributed by atoms with Crippen LogP contribution in [0.5, 0.6) is 0 Å². The van der Waals surface area contributed by atoms with Crippen LogP contribution in [0.3, 0.4) is 0 Å². The number of likely N-dealkylation sites (tertiary alicyclic amines) is 1. The van der Waals surface area contributed by atoms with Crippen molar-refractivity contribution in [1.82, 2.24) is 9.88 Å². The first-order valence-electron chi connectivity index (χ1n) is 11.5. The van der Waals surface area contributed by atoms with Crippen LogP contribution >= 0.6 is 0 Å². The van der Waals surface area contributed by atoms with Gasteiger partial charge in [0.05, 0.1) is 28.9 Å². The lowest BCUT2D eigenvalue weighted by atomic mass is 10.0. The average molecular weight is 487 g/mol. The number of ether oxygens (including phenoxy) is 1. The molecule has 6 nitrogen and oxygen atoms in total. The van der Waals surface area contributed by atoms with Crippen molar-refractivity contribution in [3.63, 3.8) is 0 Å². The van der Waals surface area contributed by atoms with Crippen molar-refractivity contribution in [3.8, 4) is 0 Å². The number of aryl methyl sites for hydroxylation is 1. The molecule has 0 bridgehead atoms. The minimum atomic E-state index is -3.62. The van der Waals surface area contributed by atoms with Gasteiger partial charge in [-0.2, -0.15) is 0 Å². The number of para-hydroxylation sites is 1. The average Bonchev–Trinajstić information content (AvgIpc) is 2.84. The maximum Gasteiger partial charge on any atom is 0.254 e. The van der Waals surface area contributed by atoms with Gasteiger partial charge in [-0.1, -0.05) is 54.6 Å². The van der Waals surface area contributed by atoms with E-state index in [0.29, 0.717) is 36.3 Å². The fourth-order valence-corrected chi connectivity index (χ4v) is 5.92. The highest BCUT2D eigenvalue weighted by atomic mass is 32.2. The summed E-state index contributed by atoms with van der Waals surface area (Å²) in [6.45, 7) is 3.47. The molecule has 0 N–H and O–H groups in total. The first-order valence-corrected chi connectivity index (χ1v) is 13.2. The molecule has 1 amide bonds. The van der Waals surface area contributed by atoms with Gasteiger partial charge < -0.3 is 9.64 Å². The van der Waals surface area contributed by atoms with Crippen LogP contribution in [0.4, 0.5) is 0 Å². The highest BCUT2D eigenvalue weighted by molar-refractivity contribution is 7.90. The van der Waals surface area contributed by atoms with E-state index in [-0.39, 0.29) is 22.7 Å². The van der Waals surface area contributed by atoms with Crippen molar-refractivity contribution < 1.29 is 17.9 Å². The number of hydrogen-bond acceptors (Lipinski definition) is 5. The molecule has 0 saturated carbocycles. The Bertz CT molecular complexity index is 1470. The summed E-state index contributed by atoms with van der Waals surface area (Å²) in [5.74, 6) is -0.220. The number of rotatable bonds is 7. The van der Waals surface area contributed by atoms with E-state index in [0.717, 1.165) is 16.5 Å². The molecule has 3 aromatic carbocycles. The largest absolute Gasteiger partial charge is 0.370 e. The van der Waals surface area contributed by atoms with E-state index in [9.17, 15) is 13.2 Å². The molecule has 1 aromatic heterocycles. The predicted octanol–water partition coefficient (Wildman–Crippen LogP) is 4.56. The number of carbonyl (C=O) groups is 1. The normalized spacial score (nSPS) is 14.1. The van der Waals surface area contributed by atoms with Crippen molar-refractivity contribution in [2.75, 3.05) is 13.1 Å². The molecule has 1 fully saturated rings. The Morgan fingerprint density at radius 2 is 1.77 bits per heavy atom. The number of fused-ring (bicyclic) bond motifs is 1. The molecule has 0 atom stereocenters. The molecule has 1 aliphatic rings. The maximum absolute atomic E-state index is 13.2. The molecule has 4 aromatic rings. The summed E-state index contributed by atoms with van der Waals surface area (Å²) in [6, 6.07) is 24.0. The molecular weight excluding hydrogens is 460 g/mol. The number of nitrogens with zero attached hydrogens (tertiary/aromatic N) is 2. The van der Waals surface area contributed by atoms with Crippen molar-refractivity contribution in [1.29, 1.82) is 0 Å². The van der Waals surface area contributed by atoms with Gasteiger partial charge in [0.1, 0.15) is 0 Å². The summed E-state index contributed by atoms with van der Waals surface area (Å²) >= 11 is 0. The maximum atomic E-state index is 13.2. The Morgan fingerprint density at radius 3 is 2.54 bits per heavy atom. The molecule has 0 radical (unpaired) electrons. The summed E-state index contributed by atoms with van der Waals surface area (Å²) in [5.41, 5.74) is 3.57. The van der Waals surface area contributed by atoms with Crippen LogP contribution in [0.25, 0.3) is 10.9 Å². The third-order valence-corrected chi connectivity index (χ3v) is 8.02. The van der Waals surface area contributed by atoms with E-state index in [4.69, 9.17) is 4.74 Å². The molecule has 0 aliphatic carbocycles. The van der Waals surface area contributed by atoms with Crippen molar-refractivity contribution in [2.45, 2.75) is 30.3 Å². The van der Waals surface area contributed by atoms with Crippen LogP contribution in [0.2, 0.25) is 0 Å². The Hall–Kier alpha value is -3.55. The van der Waals surface area contributed by atoms with Crippen LogP contribution < -0.4 is 0 Å². The number of amides is 1. The fraction of sp³-hybridized carbons (Fsp3) is 0.214. The number of aromatic nitrogens is 1. The van der Waals surface area contributed by atoms with Crippen LogP contribution in [0.15, 0.2) is 90.0 Å². The highest BCUT2D eigenvalue weighted by Crippen LogP contribution is 2.26. The number of pyridine rings is 1. The van der Waals surface area contributed by atoms with Gasteiger partial charge in [-0.05, 0) is 47.9 Å². The van der Waals surface area contributed by atoms with Crippen LogP contribution in [-0.4, -0.2) is 43.4 Å². The molecule has 35 heavy (non-hydrogen) atoms. The molecule has 178 valence electrons. The second-order valence-corrected chi connectivity index (χ2v) is 10.8. The zero-order valence-corrected chi connectivity index (χ0v) is 20.2. The molecule has 5 rings (SSSR count). The van der Waals surface area contributed by atoms with E-state index >= 15 is 0 Å². The van der Waals surface area contributed by atoms with E-state index in [1.54, 1.807) is 47.5 Å². The van der Waals surface area contributed by atoms with Gasteiger partial charge in [-0.25, -0.2) is 8.42 Å². The van der Waals surface area contributed by atoms with E-state index in [2.05, 4.69) is 4.98 Å². The van der Waals surface area contributed by atoms with Crippen molar-refractivity contribution in [2.24, 2.45) is 0 Å². The Balaban J connectivity index is 1.24. The third-order valence-electron chi connectivity index (χ3n) is 6.33. The number of hydrogen-bond donors (Lipinski definition) is 0. The zero-order valence-electron chi connectivity index (χ0n) is 19.4. The van der Waals surface area contributed by atoms with E-state index < -0.39 is 9.84 Å². The van der Waals surface area contributed by atoms with Crippen LogP contribution in [-0.2, 0) is 26.9 Å². The Kier molecular flexibility index (Phi) is 6.36. The van der Waals surface area contributed by atoms with Gasteiger partial charge in [0.15, 0.2) is 9.84 Å². The molecule has 1 aliphatic heterocycles. The number of carbonyl (C=O) groups excluding carboxylic acids is 1. The van der Waals surface area contributed by atoms with Crippen molar-refractivity contribution in [3.05, 3.63) is 107 Å². The molecule has 0 spiro atoms. The van der Waals surface area contributed by atoms with Gasteiger partial charge in [0.2, 0.25) is 0 Å². The van der Waals surface area contributed by atoms with Gasteiger partial charge in [-0.3, -0.25) is 9.78 Å². The van der Waals surface area contributed by atoms with Gasteiger partial charge in [0, 0.05) is 30.2 Å². The second kappa shape index (κ2) is 9.60. The summed E-state index contributed by atoms with van der Waals surface area (Å²) in [4.78, 5) is 19.2. The van der Waals surface area contributed by atoms with E-state index in [1.807, 2.05) is 49.4 Å². The Morgan fingerprint density at radius 1 is 1.00 bits per heavy atom. The molecule has 2 heterocycles. The summed E-state index contributed by atoms with van der Waals surface area (Å²) in [7, 11) is -3.62. The topological polar surface area (TPSA) is 76.6 Å². The standard InChI is InChI=1S/C28H26N2O4S/c1-20-15-23(28(31)30-16-25(17-30)34-18-21-7-3-2-4-8-21)12-13-24(20)19-35(32,33)26-11-5-9-22-10-6-14-29-27(22)26/h2-15,25H,16-19H2,1H3. The monoisotopic (exact) mass is 486 g/mol. The van der Waals surface area contributed by atoms with Gasteiger partial charge >= 0.3 is 0 Å². The minimum absolute atomic E-state index is 0.0268. The second-order valence-electron chi connectivity index (χ2n) is 8.86. The molecular formula is C28H26N2O4S. The lowest BCUT2D eigenvalue weighted by Gasteiger charge is -2.39. The predicted molar refractivity (Wildman–Crippen MR) is 135 cm³/mol. The lowest BCUT2D eigenvalue weighted by Crippen LogP contribution is -2.54. The van der Waals surface area contributed by atoms with E-state index in [1.165, 1.54) is 0 Å². The number of sulfone groups is 1. The van der Waals surface area contributed by atoms with Crippen molar-refractivity contribution >= 4 is 26.6 Å². The van der Waals surface area contributed by atoms with Gasteiger partial charge in [-0.15, -0.1) is 0 Å². The number of benzene rings is 3. The van der Waals surface area contributed by atoms with Crippen LogP contribution in [0.1, 0.15) is 27.0 Å². The Labute approximate surface area is 205 Å². The zero-order chi connectivity index (χ0) is 24.4. The highest BCUT2D eigenvalue weighted by Gasteiger charge is 2.32. The van der Waals surface area contributed by atoms with Crippen LogP contribution in [0, 0.1) is 6.92 Å². The first-order chi connectivity index (χ1) is 16.9. The summed E-state index contributed by atoms with van der Waals surface area (Å²) < 4.78 is 32.3. The molecule has 1 saturated heterocycles. The van der Waals surface area contributed by atoms with Gasteiger partial charge in [0.25, 0.3) is 5.91 Å². The summed E-state index contributed by atoms with van der Waals surface area (Å²) in [6.07, 6.45) is 1.62. The first kappa shape index (κ1) is 23.2.